The van der Waals surface area contributed by atoms with Gasteiger partial charge in [-0.25, -0.2) is 0 Å². The summed E-state index contributed by atoms with van der Waals surface area (Å²) in [6.07, 6.45) is 6.13. The van der Waals surface area contributed by atoms with E-state index in [0.717, 1.165) is 18.9 Å². The quantitative estimate of drug-likeness (QED) is 0.885. The first-order valence-electron chi connectivity index (χ1n) is 7.28. The van der Waals surface area contributed by atoms with E-state index in [1.165, 1.54) is 43.5 Å². The van der Waals surface area contributed by atoms with Crippen molar-refractivity contribution < 1.29 is 0 Å². The van der Waals surface area contributed by atoms with Crippen LogP contribution < -0.4 is 10.6 Å². The summed E-state index contributed by atoms with van der Waals surface area (Å²) in [5.74, 6) is 0.759. The highest BCUT2D eigenvalue weighted by Gasteiger charge is 2.33. The molecule has 0 saturated heterocycles. The molecule has 3 rings (SSSR count). The Kier molecular flexibility index (Phi) is 3.06. The molecule has 1 fully saturated rings. The predicted octanol–water partition coefficient (Wildman–Crippen LogP) is 2.96. The van der Waals surface area contributed by atoms with E-state index in [0.29, 0.717) is 0 Å². The van der Waals surface area contributed by atoms with Gasteiger partial charge in [-0.05, 0) is 49.7 Å². The molecular weight excluding hydrogens is 220 g/mol. The summed E-state index contributed by atoms with van der Waals surface area (Å²) < 4.78 is 0. The Bertz CT molecular complexity index is 423. The number of nitrogens with two attached hydrogens (primary N) is 1. The zero-order chi connectivity index (χ0) is 12.6. The highest BCUT2D eigenvalue weighted by molar-refractivity contribution is 5.55. The van der Waals surface area contributed by atoms with Gasteiger partial charge in [0.1, 0.15) is 0 Å². The molecule has 2 heteroatoms. The summed E-state index contributed by atoms with van der Waals surface area (Å²) in [4.78, 5) is 2.55. The van der Waals surface area contributed by atoms with Crippen LogP contribution in [-0.2, 0) is 6.42 Å². The van der Waals surface area contributed by atoms with E-state index < -0.39 is 0 Å². The number of hydrogen-bond donors (Lipinski definition) is 1. The van der Waals surface area contributed by atoms with E-state index in [9.17, 15) is 0 Å². The van der Waals surface area contributed by atoms with Gasteiger partial charge < -0.3 is 10.6 Å². The third-order valence-corrected chi connectivity index (χ3v) is 4.66. The van der Waals surface area contributed by atoms with Gasteiger partial charge in [0.05, 0.1) is 0 Å². The maximum Gasteiger partial charge on any atom is 0.0398 e. The van der Waals surface area contributed by atoms with Crippen LogP contribution in [0.3, 0.4) is 0 Å². The third-order valence-electron chi connectivity index (χ3n) is 4.66. The normalized spacial score (nSPS) is 25.4. The maximum absolute atomic E-state index is 6.35. The fourth-order valence-electron chi connectivity index (χ4n) is 3.36. The second-order valence-corrected chi connectivity index (χ2v) is 6.35. The molecular formula is C16H24N2. The van der Waals surface area contributed by atoms with Gasteiger partial charge in [0.15, 0.2) is 0 Å². The molecule has 1 aromatic carbocycles. The number of anilines is 1. The number of rotatable bonds is 3. The Morgan fingerprint density at radius 3 is 2.83 bits per heavy atom. The van der Waals surface area contributed by atoms with Gasteiger partial charge in [-0.2, -0.15) is 0 Å². The first-order chi connectivity index (χ1) is 8.66. The van der Waals surface area contributed by atoms with Crippen LogP contribution >= 0.6 is 0 Å². The largest absolute Gasteiger partial charge is 0.371 e. The number of benzene rings is 1. The monoisotopic (exact) mass is 244 g/mol. The molecule has 0 radical (unpaired) electrons. The molecule has 0 bridgehead atoms. The van der Waals surface area contributed by atoms with Gasteiger partial charge >= 0.3 is 0 Å². The molecule has 1 atom stereocenters. The summed E-state index contributed by atoms with van der Waals surface area (Å²) in [5.41, 5.74) is 9.45. The molecule has 98 valence electrons. The lowest BCUT2D eigenvalue weighted by Crippen LogP contribution is -2.49. The van der Waals surface area contributed by atoms with Crippen molar-refractivity contribution in [2.24, 2.45) is 11.7 Å². The van der Waals surface area contributed by atoms with Crippen molar-refractivity contribution in [2.45, 2.75) is 44.6 Å². The van der Waals surface area contributed by atoms with Crippen LogP contribution in [-0.4, -0.2) is 18.6 Å². The fourth-order valence-corrected chi connectivity index (χ4v) is 3.36. The van der Waals surface area contributed by atoms with Crippen LogP contribution in [0.1, 0.15) is 38.2 Å². The first kappa shape index (κ1) is 12.0. The lowest BCUT2D eigenvalue weighted by atomic mass is 9.75. The molecule has 2 aliphatic rings. The number of fused-ring (bicyclic) bond motifs is 1. The van der Waals surface area contributed by atoms with Crippen molar-refractivity contribution in [2.75, 3.05) is 18.0 Å². The fraction of sp³-hybridized carbons (Fsp3) is 0.625. The standard InChI is InChI=1S/C16H24N2/c1-13-11-14-5-2-3-6-15(14)18(12-13)10-9-16(17)7-4-8-16/h2-3,5-6,13H,4,7-12,17H2,1H3. The second-order valence-electron chi connectivity index (χ2n) is 6.35. The predicted molar refractivity (Wildman–Crippen MR) is 76.9 cm³/mol. The van der Waals surface area contributed by atoms with Gasteiger partial charge in [0.25, 0.3) is 0 Å². The van der Waals surface area contributed by atoms with Gasteiger partial charge in [0, 0.05) is 24.3 Å². The molecule has 1 unspecified atom stereocenters. The van der Waals surface area contributed by atoms with Crippen LogP contribution in [0.4, 0.5) is 5.69 Å². The maximum atomic E-state index is 6.35. The molecule has 0 spiro atoms. The van der Waals surface area contributed by atoms with E-state index in [1.54, 1.807) is 0 Å². The molecule has 0 aromatic heterocycles. The average molecular weight is 244 g/mol. The van der Waals surface area contributed by atoms with Crippen LogP contribution in [0, 0.1) is 5.92 Å². The van der Waals surface area contributed by atoms with Crippen LogP contribution in [0.25, 0.3) is 0 Å². The Morgan fingerprint density at radius 2 is 2.11 bits per heavy atom. The van der Waals surface area contributed by atoms with Crippen molar-refractivity contribution in [3.05, 3.63) is 29.8 Å². The highest BCUT2D eigenvalue weighted by Crippen LogP contribution is 2.34. The van der Waals surface area contributed by atoms with E-state index in [4.69, 9.17) is 5.73 Å². The lowest BCUT2D eigenvalue weighted by Gasteiger charge is -2.42. The minimum absolute atomic E-state index is 0.148. The topological polar surface area (TPSA) is 29.3 Å². The zero-order valence-electron chi connectivity index (χ0n) is 11.4. The SMILES string of the molecule is CC1Cc2ccccc2N(CCC2(N)CCC2)C1. The summed E-state index contributed by atoms with van der Waals surface area (Å²) in [5, 5.41) is 0. The molecule has 1 aromatic rings. The van der Waals surface area contributed by atoms with Crippen LogP contribution in [0.2, 0.25) is 0 Å². The van der Waals surface area contributed by atoms with Gasteiger partial charge in [-0.1, -0.05) is 25.1 Å². The number of para-hydroxylation sites is 1. The number of hydrogen-bond acceptors (Lipinski definition) is 2. The smallest absolute Gasteiger partial charge is 0.0398 e. The van der Waals surface area contributed by atoms with E-state index in [2.05, 4.69) is 36.1 Å². The van der Waals surface area contributed by atoms with E-state index in [1.807, 2.05) is 0 Å². The summed E-state index contributed by atoms with van der Waals surface area (Å²) in [6, 6.07) is 8.86. The van der Waals surface area contributed by atoms with Crippen molar-refractivity contribution in [3.63, 3.8) is 0 Å². The van der Waals surface area contributed by atoms with E-state index in [-0.39, 0.29) is 5.54 Å². The lowest BCUT2D eigenvalue weighted by molar-refractivity contribution is 0.232. The van der Waals surface area contributed by atoms with Crippen LogP contribution in [0.5, 0.6) is 0 Å². The number of nitrogens with zero attached hydrogens (tertiary/aromatic N) is 1. The van der Waals surface area contributed by atoms with Gasteiger partial charge in [-0.15, -0.1) is 0 Å². The van der Waals surface area contributed by atoms with Crippen LogP contribution in [0.15, 0.2) is 24.3 Å². The van der Waals surface area contributed by atoms with Gasteiger partial charge in [0.2, 0.25) is 0 Å². The molecule has 1 aliphatic carbocycles. The average Bonchev–Trinajstić information content (AvgIpc) is 2.33. The van der Waals surface area contributed by atoms with Crippen molar-refractivity contribution in [3.8, 4) is 0 Å². The molecule has 2 N–H and O–H groups in total. The Labute approximate surface area is 110 Å². The Morgan fingerprint density at radius 1 is 1.33 bits per heavy atom. The Balaban J connectivity index is 1.72. The van der Waals surface area contributed by atoms with Crippen molar-refractivity contribution in [1.82, 2.24) is 0 Å². The summed E-state index contributed by atoms with van der Waals surface area (Å²) >= 11 is 0. The highest BCUT2D eigenvalue weighted by atomic mass is 15.1. The minimum Gasteiger partial charge on any atom is -0.371 e. The summed E-state index contributed by atoms with van der Waals surface area (Å²) in [6.45, 7) is 4.66. The van der Waals surface area contributed by atoms with E-state index >= 15 is 0 Å². The molecule has 1 aliphatic heterocycles. The minimum atomic E-state index is 0.148. The first-order valence-corrected chi connectivity index (χ1v) is 7.28. The molecule has 18 heavy (non-hydrogen) atoms. The summed E-state index contributed by atoms with van der Waals surface area (Å²) in [7, 11) is 0. The molecule has 1 saturated carbocycles. The molecule has 2 nitrogen and oxygen atoms in total. The molecule has 0 amide bonds. The Hall–Kier alpha value is -1.02. The third kappa shape index (κ3) is 2.26. The van der Waals surface area contributed by atoms with Crippen molar-refractivity contribution in [1.29, 1.82) is 0 Å². The molecule has 1 heterocycles. The zero-order valence-corrected chi connectivity index (χ0v) is 11.4. The second kappa shape index (κ2) is 4.58. The van der Waals surface area contributed by atoms with Crippen molar-refractivity contribution >= 4 is 5.69 Å². The van der Waals surface area contributed by atoms with Gasteiger partial charge in [-0.3, -0.25) is 0 Å².